The van der Waals surface area contributed by atoms with Crippen molar-refractivity contribution in [3.8, 4) is 0 Å². The highest BCUT2D eigenvalue weighted by Crippen LogP contribution is 2.17. The lowest BCUT2D eigenvalue weighted by Crippen LogP contribution is -2.38. The summed E-state index contributed by atoms with van der Waals surface area (Å²) in [6, 6.07) is 0. The van der Waals surface area contributed by atoms with Crippen molar-refractivity contribution in [2.24, 2.45) is 4.99 Å². The first-order chi connectivity index (χ1) is 12.7. The van der Waals surface area contributed by atoms with Crippen LogP contribution in [0.1, 0.15) is 49.2 Å². The summed E-state index contributed by atoms with van der Waals surface area (Å²) < 4.78 is 11.0. The highest BCUT2D eigenvalue weighted by molar-refractivity contribution is 14.0. The minimum atomic E-state index is 0. The van der Waals surface area contributed by atoms with E-state index in [-0.39, 0.29) is 24.0 Å². The Kier molecular flexibility index (Phi) is 17.3. The first kappa shape index (κ1) is 26.6. The third-order valence-corrected chi connectivity index (χ3v) is 4.84. The normalized spacial score (nSPS) is 11.3. The van der Waals surface area contributed by atoms with E-state index in [1.165, 1.54) is 15.6 Å². The topological polar surface area (TPSA) is 67.8 Å². The molecule has 0 aliphatic carbocycles. The van der Waals surface area contributed by atoms with Gasteiger partial charge in [0.1, 0.15) is 0 Å². The van der Waals surface area contributed by atoms with Gasteiger partial charge in [0.25, 0.3) is 0 Å². The van der Waals surface area contributed by atoms with Gasteiger partial charge in [-0.1, -0.05) is 20.3 Å². The van der Waals surface area contributed by atoms with Gasteiger partial charge in [-0.25, -0.2) is 4.98 Å². The van der Waals surface area contributed by atoms with E-state index in [4.69, 9.17) is 9.47 Å². The Morgan fingerprint density at radius 3 is 2.44 bits per heavy atom. The maximum Gasteiger partial charge on any atom is 0.191 e. The molecule has 2 N–H and O–H groups in total. The summed E-state index contributed by atoms with van der Waals surface area (Å²) in [5, 5.41) is 7.82. The fourth-order valence-corrected chi connectivity index (χ4v) is 3.36. The Morgan fingerprint density at radius 2 is 1.81 bits per heavy atom. The fourth-order valence-electron chi connectivity index (χ4n) is 2.34. The molecule has 0 bridgehead atoms. The molecule has 0 amide bonds. The summed E-state index contributed by atoms with van der Waals surface area (Å²) in [5.41, 5.74) is 1.22. The average molecular weight is 513 g/mol. The van der Waals surface area contributed by atoms with Gasteiger partial charge in [0.2, 0.25) is 0 Å². The number of ether oxygens (including phenoxy) is 2. The van der Waals surface area contributed by atoms with Gasteiger partial charge in [0.15, 0.2) is 5.96 Å². The molecule has 27 heavy (non-hydrogen) atoms. The largest absolute Gasteiger partial charge is 0.379 e. The summed E-state index contributed by atoms with van der Waals surface area (Å²) >= 11 is 1.79. The van der Waals surface area contributed by atoms with Crippen LogP contribution in [-0.2, 0) is 22.3 Å². The van der Waals surface area contributed by atoms with Crippen molar-refractivity contribution >= 4 is 41.3 Å². The smallest absolute Gasteiger partial charge is 0.191 e. The molecule has 1 aromatic heterocycles. The van der Waals surface area contributed by atoms with E-state index < -0.39 is 0 Å². The minimum absolute atomic E-state index is 0. The average Bonchev–Trinajstić information content (AvgIpc) is 3.00. The molecule has 0 fully saturated rings. The van der Waals surface area contributed by atoms with Crippen LogP contribution in [0.2, 0.25) is 0 Å². The van der Waals surface area contributed by atoms with Crippen LogP contribution in [0.4, 0.5) is 0 Å². The first-order valence-electron chi connectivity index (χ1n) is 9.84. The molecule has 0 aliphatic heterocycles. The molecule has 0 saturated carbocycles. The van der Waals surface area contributed by atoms with E-state index in [0.29, 0.717) is 26.4 Å². The second-order valence-corrected chi connectivity index (χ2v) is 7.27. The molecule has 0 aromatic carbocycles. The first-order valence-corrected chi connectivity index (χ1v) is 10.7. The monoisotopic (exact) mass is 512 g/mol. The molecular formula is C19H37IN4O2S. The minimum Gasteiger partial charge on any atom is -0.379 e. The number of hydrogen-bond acceptors (Lipinski definition) is 5. The summed E-state index contributed by atoms with van der Waals surface area (Å²) in [4.78, 5) is 10.6. The van der Waals surface area contributed by atoms with Crippen LogP contribution in [0.3, 0.4) is 0 Å². The van der Waals surface area contributed by atoms with Crippen molar-refractivity contribution in [1.29, 1.82) is 0 Å². The van der Waals surface area contributed by atoms with Gasteiger partial charge >= 0.3 is 0 Å². The quantitative estimate of drug-likeness (QED) is 0.173. The maximum atomic E-state index is 5.55. The number of nitrogens with zero attached hydrogens (tertiary/aromatic N) is 2. The van der Waals surface area contributed by atoms with Gasteiger partial charge < -0.3 is 20.1 Å². The Morgan fingerprint density at radius 1 is 1.07 bits per heavy atom. The fraction of sp³-hybridized carbons (Fsp3) is 0.789. The second kappa shape index (κ2) is 17.6. The molecule has 0 radical (unpaired) electrons. The number of rotatable bonds is 14. The van der Waals surface area contributed by atoms with Gasteiger partial charge in [-0.2, -0.15) is 0 Å². The van der Waals surface area contributed by atoms with Gasteiger partial charge in [-0.3, -0.25) is 4.99 Å². The number of aliphatic imine (C=N–C) groups is 1. The van der Waals surface area contributed by atoms with Gasteiger partial charge in [-0.05, 0) is 26.7 Å². The number of halogens is 1. The van der Waals surface area contributed by atoms with Crippen molar-refractivity contribution < 1.29 is 9.47 Å². The van der Waals surface area contributed by atoms with Crippen LogP contribution >= 0.6 is 35.3 Å². The Hall–Kier alpha value is -0.450. The number of aromatic nitrogens is 1. The van der Waals surface area contributed by atoms with E-state index in [9.17, 15) is 0 Å². The lowest BCUT2D eigenvalue weighted by atomic mass is 10.3. The molecule has 1 aromatic rings. The van der Waals surface area contributed by atoms with Crippen molar-refractivity contribution in [2.75, 3.05) is 46.1 Å². The molecule has 0 atom stereocenters. The second-order valence-electron chi connectivity index (χ2n) is 5.98. The van der Waals surface area contributed by atoms with Crippen molar-refractivity contribution in [2.45, 2.75) is 53.4 Å². The van der Waals surface area contributed by atoms with Gasteiger partial charge in [0, 0.05) is 31.0 Å². The standard InChI is InChI=1S/C19H36N4O2S.HI/c1-5-8-12-24-14-15-25-13-11-22-19(20-7-3)21-10-9-18-23-17(6-2)16(4)26-18;/h5-15H2,1-4H3,(H2,20,21,22);1H. The van der Waals surface area contributed by atoms with Crippen LogP contribution < -0.4 is 10.6 Å². The van der Waals surface area contributed by atoms with Gasteiger partial charge in [0.05, 0.1) is 37.1 Å². The van der Waals surface area contributed by atoms with Crippen molar-refractivity contribution in [1.82, 2.24) is 15.6 Å². The van der Waals surface area contributed by atoms with Crippen LogP contribution in [0.25, 0.3) is 0 Å². The zero-order valence-corrected chi connectivity index (χ0v) is 20.5. The zero-order valence-electron chi connectivity index (χ0n) is 17.3. The predicted octanol–water partition coefficient (Wildman–Crippen LogP) is 3.56. The number of thiazole rings is 1. The number of aryl methyl sites for hydroxylation is 2. The zero-order chi connectivity index (χ0) is 19.0. The Balaban J connectivity index is 0.00000676. The van der Waals surface area contributed by atoms with E-state index in [2.05, 4.69) is 48.3 Å². The molecule has 6 nitrogen and oxygen atoms in total. The summed E-state index contributed by atoms with van der Waals surface area (Å²) in [6.45, 7) is 13.6. The van der Waals surface area contributed by atoms with E-state index in [0.717, 1.165) is 51.3 Å². The summed E-state index contributed by atoms with van der Waals surface area (Å²) in [7, 11) is 0. The van der Waals surface area contributed by atoms with E-state index in [1.807, 2.05) is 0 Å². The number of guanidine groups is 1. The molecule has 0 unspecified atom stereocenters. The summed E-state index contributed by atoms with van der Waals surface area (Å²) in [6.07, 6.45) is 4.20. The summed E-state index contributed by atoms with van der Waals surface area (Å²) in [5.74, 6) is 0.833. The molecule has 1 heterocycles. The molecular weight excluding hydrogens is 475 g/mol. The molecule has 0 spiro atoms. The van der Waals surface area contributed by atoms with Gasteiger partial charge in [-0.15, -0.1) is 35.3 Å². The van der Waals surface area contributed by atoms with Crippen molar-refractivity contribution in [3.63, 3.8) is 0 Å². The van der Waals surface area contributed by atoms with Crippen LogP contribution in [0.15, 0.2) is 4.99 Å². The molecule has 0 saturated heterocycles. The molecule has 1 rings (SSSR count). The predicted molar refractivity (Wildman–Crippen MR) is 126 cm³/mol. The van der Waals surface area contributed by atoms with Crippen LogP contribution in [-0.4, -0.2) is 57.0 Å². The Labute approximate surface area is 185 Å². The van der Waals surface area contributed by atoms with E-state index >= 15 is 0 Å². The van der Waals surface area contributed by atoms with E-state index in [1.54, 1.807) is 11.3 Å². The maximum absolute atomic E-state index is 5.55. The molecule has 8 heteroatoms. The SMILES string of the molecule is CCCCOCCOCCN=C(NCC)NCCc1nc(CC)c(C)s1.I. The number of unbranched alkanes of at least 4 members (excludes halogenated alkanes) is 1. The highest BCUT2D eigenvalue weighted by atomic mass is 127. The molecule has 158 valence electrons. The lowest BCUT2D eigenvalue weighted by molar-refractivity contribution is 0.0497. The number of nitrogens with one attached hydrogen (secondary N) is 2. The van der Waals surface area contributed by atoms with Crippen molar-refractivity contribution in [3.05, 3.63) is 15.6 Å². The Bertz CT molecular complexity index is 512. The number of hydrogen-bond donors (Lipinski definition) is 2. The highest BCUT2D eigenvalue weighted by Gasteiger charge is 2.06. The lowest BCUT2D eigenvalue weighted by Gasteiger charge is -2.10. The third-order valence-electron chi connectivity index (χ3n) is 3.77. The van der Waals surface area contributed by atoms with Crippen LogP contribution in [0, 0.1) is 6.92 Å². The molecule has 0 aliphatic rings. The van der Waals surface area contributed by atoms with Crippen LogP contribution in [0.5, 0.6) is 0 Å². The third kappa shape index (κ3) is 12.6.